The van der Waals surface area contributed by atoms with E-state index < -0.39 is 0 Å². The van der Waals surface area contributed by atoms with E-state index in [9.17, 15) is 4.79 Å². The summed E-state index contributed by atoms with van der Waals surface area (Å²) in [7, 11) is 0. The molecule has 8 rings (SSSR count). The zero-order valence-electron chi connectivity index (χ0n) is 27.8. The molecule has 4 heteroatoms. The van der Waals surface area contributed by atoms with Gasteiger partial charge in [-0.3, -0.25) is 9.69 Å². The fourth-order valence-electron chi connectivity index (χ4n) is 11.1. The number of piperidine rings is 1. The number of ether oxygens (including phenoxy) is 2. The second-order valence-electron chi connectivity index (χ2n) is 16.1. The molecule has 1 spiro atoms. The van der Waals surface area contributed by atoms with E-state index in [-0.39, 0.29) is 17.2 Å². The minimum atomic E-state index is -0.0568. The second-order valence-corrected chi connectivity index (χ2v) is 16.1. The number of hydrogen-bond acceptors (Lipinski definition) is 4. The Kier molecular flexibility index (Phi) is 7.41. The van der Waals surface area contributed by atoms with Crippen LogP contribution in [0.3, 0.4) is 0 Å². The molecule has 2 aromatic carbocycles. The maximum atomic E-state index is 12.3. The molecule has 9 atom stereocenters. The number of benzene rings is 2. The lowest BCUT2D eigenvalue weighted by Gasteiger charge is -2.47. The van der Waals surface area contributed by atoms with Crippen LogP contribution >= 0.6 is 0 Å². The molecule has 2 heterocycles. The van der Waals surface area contributed by atoms with Gasteiger partial charge in [-0.2, -0.15) is 0 Å². The zero-order chi connectivity index (χ0) is 30.9. The molecule has 4 fully saturated rings. The standard InChI is InChI=1S/C41H51NO3/c1-26-20-37-28(3)41(45-39(37)42(24-26)25-29-10-13-33(14-11-29)44-32-8-6-5-7-9-32)19-17-34-35-15-12-30-21-31(43)16-18-40(30,4)38(35)22-36(34)27(2)23-41/h5-14,26,28,34-35,37-39H,15-25H2,1-4H3/t26-,28+,34-,35-,37-,38-,39-,40-,41-/m0/s1. The van der Waals surface area contributed by atoms with Crippen LogP contribution in [0, 0.1) is 40.9 Å². The van der Waals surface area contributed by atoms with E-state index in [0.717, 1.165) is 49.8 Å². The summed E-state index contributed by atoms with van der Waals surface area (Å²) >= 11 is 0. The van der Waals surface area contributed by atoms with Gasteiger partial charge in [-0.1, -0.05) is 73.9 Å². The Bertz CT molecular complexity index is 1510. The molecule has 4 nitrogen and oxygen atoms in total. The van der Waals surface area contributed by atoms with Crippen LogP contribution in [0.2, 0.25) is 0 Å². The number of ketones is 1. The quantitative estimate of drug-likeness (QED) is 0.326. The number of fused-ring (bicyclic) bond motifs is 6. The third kappa shape index (κ3) is 5.06. The Morgan fingerprint density at radius 2 is 1.78 bits per heavy atom. The van der Waals surface area contributed by atoms with Gasteiger partial charge >= 0.3 is 0 Å². The number of carbonyl (C=O) groups is 1. The highest BCUT2D eigenvalue weighted by atomic mass is 16.5. The lowest BCUT2D eigenvalue weighted by atomic mass is 9.57. The highest BCUT2D eigenvalue weighted by molar-refractivity contribution is 5.82. The monoisotopic (exact) mass is 605 g/mol. The van der Waals surface area contributed by atoms with E-state index >= 15 is 0 Å². The first-order valence-electron chi connectivity index (χ1n) is 17.9. The van der Waals surface area contributed by atoms with E-state index in [1.807, 2.05) is 30.3 Å². The summed E-state index contributed by atoms with van der Waals surface area (Å²) < 4.78 is 13.5. The van der Waals surface area contributed by atoms with Crippen LogP contribution < -0.4 is 4.74 Å². The molecule has 2 aliphatic heterocycles. The van der Waals surface area contributed by atoms with Gasteiger partial charge in [-0.25, -0.2) is 0 Å². The van der Waals surface area contributed by atoms with E-state index in [1.165, 1.54) is 43.2 Å². The van der Waals surface area contributed by atoms with Gasteiger partial charge in [0.25, 0.3) is 0 Å². The number of rotatable bonds is 4. The fraction of sp³-hybridized carbons (Fsp3) is 0.585. The number of carbonyl (C=O) groups excluding carboxylic acids is 1. The molecule has 2 saturated heterocycles. The van der Waals surface area contributed by atoms with Crippen LogP contribution in [0.1, 0.15) is 91.0 Å². The first kappa shape index (κ1) is 29.7. The summed E-state index contributed by atoms with van der Waals surface area (Å²) in [4.78, 5) is 15.0. The first-order valence-corrected chi connectivity index (χ1v) is 17.9. The van der Waals surface area contributed by atoms with Gasteiger partial charge in [0, 0.05) is 31.8 Å². The predicted molar refractivity (Wildman–Crippen MR) is 179 cm³/mol. The van der Waals surface area contributed by atoms with E-state index in [4.69, 9.17) is 9.47 Å². The molecule has 0 radical (unpaired) electrons. The summed E-state index contributed by atoms with van der Waals surface area (Å²) in [5.74, 6) is 6.14. The molecule has 4 aliphatic carbocycles. The molecule has 0 unspecified atom stereocenters. The normalized spacial score (nSPS) is 39.5. The van der Waals surface area contributed by atoms with E-state index in [0.29, 0.717) is 41.8 Å². The molecule has 0 aromatic heterocycles. The smallest absolute Gasteiger partial charge is 0.136 e. The van der Waals surface area contributed by atoms with Gasteiger partial charge in [0.15, 0.2) is 0 Å². The van der Waals surface area contributed by atoms with Crippen LogP contribution in [-0.4, -0.2) is 29.1 Å². The van der Waals surface area contributed by atoms with Crippen molar-refractivity contribution >= 4 is 5.78 Å². The number of allylic oxidation sites excluding steroid dienone is 3. The number of likely N-dealkylation sites (tertiary alicyclic amines) is 1. The fourth-order valence-corrected chi connectivity index (χ4v) is 11.1. The highest BCUT2D eigenvalue weighted by Gasteiger charge is 2.59. The van der Waals surface area contributed by atoms with Crippen molar-refractivity contribution in [1.82, 2.24) is 4.90 Å². The van der Waals surface area contributed by atoms with Crippen molar-refractivity contribution in [1.29, 1.82) is 0 Å². The van der Waals surface area contributed by atoms with Crippen LogP contribution in [0.25, 0.3) is 0 Å². The van der Waals surface area contributed by atoms with Crippen molar-refractivity contribution in [2.24, 2.45) is 40.9 Å². The molecule has 45 heavy (non-hydrogen) atoms. The Hall–Kier alpha value is -2.69. The molecule has 2 aromatic rings. The number of Topliss-reactive ketones (excluding diaryl/α,β-unsaturated/α-hetero) is 1. The minimum absolute atomic E-state index is 0.0568. The maximum Gasteiger partial charge on any atom is 0.136 e. The highest BCUT2D eigenvalue weighted by Crippen LogP contribution is 2.64. The average Bonchev–Trinajstić information content (AvgIpc) is 3.49. The molecule has 0 bridgehead atoms. The second kappa shape index (κ2) is 11.2. The van der Waals surface area contributed by atoms with Crippen molar-refractivity contribution in [3.05, 3.63) is 83.0 Å². The zero-order valence-corrected chi connectivity index (χ0v) is 27.8. The first-order chi connectivity index (χ1) is 21.7. The largest absolute Gasteiger partial charge is 0.457 e. The summed E-state index contributed by atoms with van der Waals surface area (Å²) in [6, 6.07) is 18.7. The molecular formula is C41H51NO3. The third-order valence-corrected chi connectivity index (χ3v) is 13.5. The molecule has 238 valence electrons. The molecule has 6 aliphatic rings. The van der Waals surface area contributed by atoms with Gasteiger partial charge in [0.05, 0.1) is 5.60 Å². The van der Waals surface area contributed by atoms with Crippen molar-refractivity contribution in [2.45, 2.75) is 104 Å². The van der Waals surface area contributed by atoms with E-state index in [2.05, 4.69) is 62.9 Å². The molecular weight excluding hydrogens is 554 g/mol. The van der Waals surface area contributed by atoms with Gasteiger partial charge in [0.1, 0.15) is 23.5 Å². The topological polar surface area (TPSA) is 38.8 Å². The van der Waals surface area contributed by atoms with Gasteiger partial charge in [0.2, 0.25) is 0 Å². The van der Waals surface area contributed by atoms with Crippen LogP contribution in [0.15, 0.2) is 77.4 Å². The van der Waals surface area contributed by atoms with Crippen LogP contribution in [0.5, 0.6) is 11.5 Å². The molecule has 0 N–H and O–H groups in total. The summed E-state index contributed by atoms with van der Waals surface area (Å²) in [6.07, 6.45) is 12.4. The van der Waals surface area contributed by atoms with Gasteiger partial charge in [-0.15, -0.1) is 0 Å². The summed E-state index contributed by atoms with van der Waals surface area (Å²) in [5, 5.41) is 0. The van der Waals surface area contributed by atoms with Crippen LogP contribution in [-0.2, 0) is 16.1 Å². The maximum absolute atomic E-state index is 12.3. The van der Waals surface area contributed by atoms with Crippen molar-refractivity contribution in [3.63, 3.8) is 0 Å². The Morgan fingerprint density at radius 1 is 1.00 bits per heavy atom. The summed E-state index contributed by atoms with van der Waals surface area (Å²) in [6.45, 7) is 11.9. The van der Waals surface area contributed by atoms with Gasteiger partial charge in [-0.05, 0) is 117 Å². The number of nitrogens with zero attached hydrogens (tertiary/aromatic N) is 1. The minimum Gasteiger partial charge on any atom is -0.457 e. The molecule has 0 amide bonds. The Balaban J connectivity index is 1.000. The van der Waals surface area contributed by atoms with Crippen molar-refractivity contribution in [2.75, 3.05) is 6.54 Å². The van der Waals surface area contributed by atoms with Crippen molar-refractivity contribution < 1.29 is 14.3 Å². The van der Waals surface area contributed by atoms with Crippen molar-refractivity contribution in [3.8, 4) is 11.5 Å². The SMILES string of the molecule is CC1=C2C[C@H]3[C@@H](CC=C4CC(=O)CC[C@@]43C)[C@@H]2CC[C@@]2(C1)O[C@H]1[C@@H](C[C@H](C)CN1Cc1ccc(Oc3ccccc3)cc1)[C@H]2C. The Labute approximate surface area is 270 Å². The number of hydrogen-bond donors (Lipinski definition) is 0. The molecule has 2 saturated carbocycles. The average molecular weight is 606 g/mol. The lowest BCUT2D eigenvalue weighted by Crippen LogP contribution is -2.47. The van der Waals surface area contributed by atoms with Gasteiger partial charge < -0.3 is 9.47 Å². The number of para-hydroxylation sites is 1. The van der Waals surface area contributed by atoms with Crippen LogP contribution in [0.4, 0.5) is 0 Å². The third-order valence-electron chi connectivity index (χ3n) is 13.5. The van der Waals surface area contributed by atoms with E-state index in [1.54, 1.807) is 11.1 Å². The predicted octanol–water partition coefficient (Wildman–Crippen LogP) is 9.51. The Morgan fingerprint density at radius 3 is 2.58 bits per heavy atom. The lowest BCUT2D eigenvalue weighted by molar-refractivity contribution is -0.140. The summed E-state index contributed by atoms with van der Waals surface area (Å²) in [5.41, 5.74) is 6.35.